The zero-order valence-corrected chi connectivity index (χ0v) is 18.8. The normalized spacial score (nSPS) is 16.6. The van der Waals surface area contributed by atoms with Gasteiger partial charge < -0.3 is 24.8 Å². The topological polar surface area (TPSA) is 81.9 Å². The maximum Gasteiger partial charge on any atom is 0.196 e. The second kappa shape index (κ2) is 12.3. The molecule has 2 N–H and O–H groups in total. The Morgan fingerprint density at radius 2 is 2.13 bits per heavy atom. The quantitative estimate of drug-likeness (QED) is 0.324. The molecule has 170 valence electrons. The molecule has 1 atom stereocenters. The van der Waals surface area contributed by atoms with Crippen LogP contribution < -0.4 is 15.4 Å². The molecule has 1 saturated heterocycles. The third kappa shape index (κ3) is 8.22. The number of hydrogen-bond acceptors (Lipinski definition) is 5. The third-order valence-corrected chi connectivity index (χ3v) is 4.90. The molecule has 0 radical (unpaired) electrons. The second-order valence-electron chi connectivity index (χ2n) is 7.92. The van der Waals surface area contributed by atoms with Gasteiger partial charge in [0.05, 0.1) is 31.1 Å². The van der Waals surface area contributed by atoms with Crippen LogP contribution in [0.5, 0.6) is 5.75 Å². The van der Waals surface area contributed by atoms with Crippen LogP contribution in [-0.4, -0.2) is 54.3 Å². The van der Waals surface area contributed by atoms with Crippen molar-refractivity contribution in [2.24, 2.45) is 12.0 Å². The molecule has 8 heteroatoms. The van der Waals surface area contributed by atoms with E-state index in [1.165, 1.54) is 0 Å². The van der Waals surface area contributed by atoms with Crippen LogP contribution in [0, 0.1) is 0 Å². The fourth-order valence-corrected chi connectivity index (χ4v) is 3.25. The smallest absolute Gasteiger partial charge is 0.196 e. The van der Waals surface area contributed by atoms with Crippen LogP contribution in [0.25, 0.3) is 0 Å². The number of benzene rings is 1. The van der Waals surface area contributed by atoms with E-state index in [9.17, 15) is 0 Å². The Kier molecular flexibility index (Phi) is 9.17. The van der Waals surface area contributed by atoms with Crippen molar-refractivity contribution in [2.45, 2.75) is 51.9 Å². The molecule has 1 aliphatic rings. The van der Waals surface area contributed by atoms with Gasteiger partial charge in [0.1, 0.15) is 5.75 Å². The van der Waals surface area contributed by atoms with Crippen LogP contribution in [0.3, 0.4) is 0 Å². The van der Waals surface area contributed by atoms with Gasteiger partial charge in [-0.05, 0) is 63.4 Å². The van der Waals surface area contributed by atoms with E-state index in [0.717, 1.165) is 55.5 Å². The molecule has 0 aliphatic carbocycles. The highest BCUT2D eigenvalue weighted by Gasteiger charge is 2.14. The summed E-state index contributed by atoms with van der Waals surface area (Å²) in [6, 6.07) is 9.87. The summed E-state index contributed by atoms with van der Waals surface area (Å²) in [5.74, 6) is 1.57. The first kappa shape index (κ1) is 23.1. The van der Waals surface area contributed by atoms with E-state index in [4.69, 9.17) is 19.2 Å². The van der Waals surface area contributed by atoms with Crippen molar-refractivity contribution in [2.75, 3.05) is 31.7 Å². The molecule has 1 aromatic heterocycles. The number of ether oxygens (including phenoxy) is 3. The van der Waals surface area contributed by atoms with Crippen molar-refractivity contribution in [3.8, 4) is 5.75 Å². The summed E-state index contributed by atoms with van der Waals surface area (Å²) in [7, 11) is 1.92. The summed E-state index contributed by atoms with van der Waals surface area (Å²) < 4.78 is 18.9. The molecular formula is C23H35N5O3. The van der Waals surface area contributed by atoms with Gasteiger partial charge in [-0.15, -0.1) is 0 Å². The maximum atomic E-state index is 5.75. The minimum absolute atomic E-state index is 0.152. The van der Waals surface area contributed by atoms with Gasteiger partial charge in [-0.1, -0.05) is 0 Å². The van der Waals surface area contributed by atoms with Gasteiger partial charge in [-0.2, -0.15) is 5.10 Å². The van der Waals surface area contributed by atoms with Gasteiger partial charge in [0.15, 0.2) is 5.96 Å². The highest BCUT2D eigenvalue weighted by Crippen LogP contribution is 2.17. The molecule has 0 bridgehead atoms. The molecule has 0 amide bonds. The van der Waals surface area contributed by atoms with Crippen LogP contribution in [0.4, 0.5) is 5.69 Å². The zero-order valence-electron chi connectivity index (χ0n) is 18.8. The van der Waals surface area contributed by atoms with Crippen molar-refractivity contribution in [3.63, 3.8) is 0 Å². The third-order valence-electron chi connectivity index (χ3n) is 4.90. The SMILES string of the molecule is CC(C)Oc1ccc(NC(=NCc2ccnn2C)NCCCOCC2CCCO2)cc1. The Balaban J connectivity index is 1.49. The minimum Gasteiger partial charge on any atom is -0.491 e. The first-order chi connectivity index (χ1) is 15.1. The average molecular weight is 430 g/mol. The largest absolute Gasteiger partial charge is 0.491 e. The Morgan fingerprint density at radius 3 is 2.81 bits per heavy atom. The summed E-state index contributed by atoms with van der Waals surface area (Å²) in [6.45, 7) is 7.58. The van der Waals surface area contributed by atoms with E-state index < -0.39 is 0 Å². The lowest BCUT2D eigenvalue weighted by Gasteiger charge is -2.15. The lowest BCUT2D eigenvalue weighted by atomic mass is 10.2. The Hall–Kier alpha value is -2.58. The fourth-order valence-electron chi connectivity index (χ4n) is 3.25. The number of nitrogens with one attached hydrogen (secondary N) is 2. The number of aromatic nitrogens is 2. The summed E-state index contributed by atoms with van der Waals surface area (Å²) in [5.41, 5.74) is 1.99. The number of hydrogen-bond donors (Lipinski definition) is 2. The molecule has 8 nitrogen and oxygen atoms in total. The minimum atomic E-state index is 0.152. The fraction of sp³-hybridized carbons (Fsp3) is 0.565. The molecular weight excluding hydrogens is 394 g/mol. The lowest BCUT2D eigenvalue weighted by molar-refractivity contribution is 0.0168. The molecule has 2 heterocycles. The predicted octanol–water partition coefficient (Wildman–Crippen LogP) is 3.35. The first-order valence-corrected chi connectivity index (χ1v) is 11.1. The monoisotopic (exact) mass is 429 g/mol. The van der Waals surface area contributed by atoms with E-state index in [1.54, 1.807) is 6.20 Å². The summed E-state index contributed by atoms with van der Waals surface area (Å²) >= 11 is 0. The molecule has 3 rings (SSSR count). The Labute approximate surface area is 185 Å². The molecule has 1 aliphatic heterocycles. The van der Waals surface area contributed by atoms with Crippen LogP contribution in [0.1, 0.15) is 38.8 Å². The molecule has 2 aromatic rings. The van der Waals surface area contributed by atoms with Crippen molar-refractivity contribution in [1.29, 1.82) is 0 Å². The number of rotatable bonds is 11. The summed E-state index contributed by atoms with van der Waals surface area (Å²) in [6.07, 6.45) is 5.34. The highest BCUT2D eigenvalue weighted by molar-refractivity contribution is 5.93. The number of guanidine groups is 1. The van der Waals surface area contributed by atoms with Crippen LogP contribution in [0.15, 0.2) is 41.5 Å². The van der Waals surface area contributed by atoms with Gasteiger partial charge in [-0.25, -0.2) is 4.99 Å². The second-order valence-corrected chi connectivity index (χ2v) is 7.92. The van der Waals surface area contributed by atoms with Crippen LogP contribution in [-0.2, 0) is 23.1 Å². The Bertz CT molecular complexity index is 798. The molecule has 1 fully saturated rings. The van der Waals surface area contributed by atoms with Crippen LogP contribution in [0.2, 0.25) is 0 Å². The summed E-state index contributed by atoms with van der Waals surface area (Å²) in [4.78, 5) is 4.72. The van der Waals surface area contributed by atoms with Crippen molar-refractivity contribution in [1.82, 2.24) is 15.1 Å². The lowest BCUT2D eigenvalue weighted by Crippen LogP contribution is -2.32. The van der Waals surface area contributed by atoms with Gasteiger partial charge in [0.2, 0.25) is 0 Å². The van der Waals surface area contributed by atoms with Crippen molar-refractivity contribution in [3.05, 3.63) is 42.2 Å². The van der Waals surface area contributed by atoms with Crippen molar-refractivity contribution >= 4 is 11.6 Å². The number of aliphatic imine (C=N–C) groups is 1. The van der Waals surface area contributed by atoms with Crippen molar-refractivity contribution < 1.29 is 14.2 Å². The number of nitrogens with zero attached hydrogens (tertiary/aromatic N) is 3. The first-order valence-electron chi connectivity index (χ1n) is 11.1. The van der Waals surface area contributed by atoms with E-state index in [1.807, 2.05) is 55.9 Å². The number of aryl methyl sites for hydroxylation is 1. The average Bonchev–Trinajstić information content (AvgIpc) is 3.41. The number of anilines is 1. The summed E-state index contributed by atoms with van der Waals surface area (Å²) in [5, 5.41) is 11.0. The van der Waals surface area contributed by atoms with Crippen LogP contribution >= 0.6 is 0 Å². The molecule has 0 saturated carbocycles. The van der Waals surface area contributed by atoms with E-state index in [-0.39, 0.29) is 12.2 Å². The molecule has 0 spiro atoms. The van der Waals surface area contributed by atoms with Gasteiger partial charge in [0, 0.05) is 38.7 Å². The molecule has 1 aromatic carbocycles. The molecule has 1 unspecified atom stereocenters. The zero-order chi connectivity index (χ0) is 21.9. The van der Waals surface area contributed by atoms with E-state index in [2.05, 4.69) is 15.7 Å². The van der Waals surface area contributed by atoms with Gasteiger partial charge in [0.25, 0.3) is 0 Å². The van der Waals surface area contributed by atoms with E-state index in [0.29, 0.717) is 19.8 Å². The highest BCUT2D eigenvalue weighted by atomic mass is 16.5. The predicted molar refractivity (Wildman–Crippen MR) is 123 cm³/mol. The maximum absolute atomic E-state index is 5.75. The Morgan fingerprint density at radius 1 is 1.29 bits per heavy atom. The van der Waals surface area contributed by atoms with Gasteiger partial charge >= 0.3 is 0 Å². The van der Waals surface area contributed by atoms with Gasteiger partial charge in [-0.3, -0.25) is 4.68 Å². The van der Waals surface area contributed by atoms with E-state index >= 15 is 0 Å². The molecule has 31 heavy (non-hydrogen) atoms. The standard InChI is InChI=1S/C23H35N5O3/c1-18(2)31-21-9-7-19(8-10-21)27-23(25-16-20-11-13-26-28(20)3)24-12-5-14-29-17-22-6-4-15-30-22/h7-11,13,18,22H,4-6,12,14-17H2,1-3H3,(H2,24,25,27).